The third kappa shape index (κ3) is 3.70. The summed E-state index contributed by atoms with van der Waals surface area (Å²) in [6, 6.07) is 12.5. The van der Waals surface area contributed by atoms with Crippen LogP contribution in [0.1, 0.15) is 5.56 Å². The SMILES string of the molecule is N[C@@H](Cc1ccc(F)cc1)Cn1ncc2cc(-c3nnc([As])s3)ccc21. The summed E-state index contributed by atoms with van der Waals surface area (Å²) < 4.78 is 15.8. The molecule has 0 spiro atoms. The summed E-state index contributed by atoms with van der Waals surface area (Å²) >= 11 is 3.95. The Labute approximate surface area is 162 Å². The first-order valence-electron chi connectivity index (χ1n) is 8.07. The third-order valence-electron chi connectivity index (χ3n) is 4.12. The second-order valence-corrected chi connectivity index (χ2v) is 8.61. The van der Waals surface area contributed by atoms with Gasteiger partial charge in [-0.05, 0) is 12.1 Å². The van der Waals surface area contributed by atoms with Gasteiger partial charge in [0.25, 0.3) is 0 Å². The first-order valence-corrected chi connectivity index (χ1v) is 9.82. The van der Waals surface area contributed by atoms with E-state index in [1.54, 1.807) is 23.5 Å². The molecule has 0 bridgehead atoms. The predicted molar refractivity (Wildman–Crippen MR) is 102 cm³/mol. The summed E-state index contributed by atoms with van der Waals surface area (Å²) in [7, 11) is 0. The van der Waals surface area contributed by atoms with Crippen molar-refractivity contribution in [2.24, 2.45) is 5.73 Å². The van der Waals surface area contributed by atoms with Gasteiger partial charge in [0.15, 0.2) is 0 Å². The van der Waals surface area contributed by atoms with E-state index in [-0.39, 0.29) is 11.9 Å². The third-order valence-corrected chi connectivity index (χ3v) is 5.66. The van der Waals surface area contributed by atoms with Gasteiger partial charge in [0.2, 0.25) is 0 Å². The van der Waals surface area contributed by atoms with Crippen molar-refractivity contribution in [2.45, 2.75) is 19.0 Å². The van der Waals surface area contributed by atoms with E-state index in [9.17, 15) is 4.39 Å². The molecule has 2 N–H and O–H groups in total. The number of hydrogen-bond acceptors (Lipinski definition) is 5. The van der Waals surface area contributed by atoms with E-state index >= 15 is 0 Å². The number of nitrogens with two attached hydrogens (primary N) is 1. The van der Waals surface area contributed by atoms with Crippen LogP contribution in [-0.2, 0) is 13.0 Å². The summed E-state index contributed by atoms with van der Waals surface area (Å²) in [4.78, 5) is 0. The molecule has 0 amide bonds. The fourth-order valence-corrected chi connectivity index (χ4v) is 4.13. The van der Waals surface area contributed by atoms with Crippen molar-refractivity contribution in [3.63, 3.8) is 0 Å². The monoisotopic (exact) mass is 427 g/mol. The summed E-state index contributed by atoms with van der Waals surface area (Å²) in [5.74, 6) is -0.235. The molecule has 0 saturated carbocycles. The maximum atomic E-state index is 13.0. The predicted octanol–water partition coefficient (Wildman–Crippen LogP) is 2.06. The Hall–Kier alpha value is -2.08. The second-order valence-electron chi connectivity index (χ2n) is 6.08. The van der Waals surface area contributed by atoms with Gasteiger partial charge in [0.05, 0.1) is 0 Å². The van der Waals surface area contributed by atoms with E-state index in [1.165, 1.54) is 12.1 Å². The Kier molecular flexibility index (Phi) is 4.85. The van der Waals surface area contributed by atoms with Gasteiger partial charge in [0.1, 0.15) is 5.82 Å². The number of fused-ring (bicyclic) bond motifs is 1. The second kappa shape index (κ2) is 7.27. The van der Waals surface area contributed by atoms with Crippen LogP contribution in [0.2, 0.25) is 0 Å². The molecule has 4 aromatic rings. The molecule has 130 valence electrons. The summed E-state index contributed by atoms with van der Waals surface area (Å²) in [5.41, 5.74) is 9.35. The topological polar surface area (TPSA) is 69.6 Å². The van der Waals surface area contributed by atoms with Crippen LogP contribution in [0, 0.1) is 5.82 Å². The van der Waals surface area contributed by atoms with Crippen LogP contribution in [0.3, 0.4) is 0 Å². The van der Waals surface area contributed by atoms with Crippen LogP contribution in [-0.4, -0.2) is 42.9 Å². The zero-order chi connectivity index (χ0) is 18.1. The molecule has 2 radical (unpaired) electrons. The summed E-state index contributed by atoms with van der Waals surface area (Å²) in [5, 5.41) is 14.6. The van der Waals surface area contributed by atoms with E-state index < -0.39 is 0 Å². The van der Waals surface area contributed by atoms with Crippen LogP contribution in [0.4, 0.5) is 4.39 Å². The Morgan fingerprint density at radius 2 is 1.96 bits per heavy atom. The van der Waals surface area contributed by atoms with Gasteiger partial charge in [-0.2, -0.15) is 0 Å². The number of aromatic nitrogens is 4. The van der Waals surface area contributed by atoms with Crippen molar-refractivity contribution in [3.05, 3.63) is 60.0 Å². The molecule has 4 rings (SSSR count). The zero-order valence-corrected chi connectivity index (χ0v) is 16.4. The fourth-order valence-electron chi connectivity index (χ4n) is 2.91. The van der Waals surface area contributed by atoms with E-state index in [0.717, 1.165) is 30.8 Å². The van der Waals surface area contributed by atoms with Crippen molar-refractivity contribution in [2.75, 3.05) is 0 Å². The maximum absolute atomic E-state index is 13.0. The molecule has 5 nitrogen and oxygen atoms in total. The molecule has 0 saturated heterocycles. The molecule has 0 aliphatic rings. The van der Waals surface area contributed by atoms with Crippen molar-refractivity contribution >= 4 is 42.9 Å². The average Bonchev–Trinajstić information content (AvgIpc) is 3.23. The van der Waals surface area contributed by atoms with E-state index in [2.05, 4.69) is 38.2 Å². The van der Waals surface area contributed by atoms with Gasteiger partial charge in [-0.3, -0.25) is 0 Å². The van der Waals surface area contributed by atoms with Crippen LogP contribution >= 0.6 is 11.3 Å². The summed E-state index contributed by atoms with van der Waals surface area (Å²) in [6.07, 6.45) is 2.51. The molecule has 1 atom stereocenters. The number of nitrogens with zero attached hydrogens (tertiary/aromatic N) is 4. The van der Waals surface area contributed by atoms with Gasteiger partial charge in [-0.15, -0.1) is 0 Å². The molecule has 0 aliphatic heterocycles. The minimum atomic E-state index is -0.235. The van der Waals surface area contributed by atoms with Crippen molar-refractivity contribution in [1.82, 2.24) is 20.0 Å². The number of hydrogen-bond donors (Lipinski definition) is 1. The first kappa shape index (κ1) is 17.3. The Bertz CT molecular complexity index is 1040. The average molecular weight is 427 g/mol. The van der Waals surface area contributed by atoms with Gasteiger partial charge in [0, 0.05) is 0 Å². The Balaban J connectivity index is 1.52. The van der Waals surface area contributed by atoms with Crippen LogP contribution < -0.4 is 9.53 Å². The standard InChI is InChI=1S/C18H15AsFN5S/c19-18-24-23-17(26-18)12-3-6-16-13(8-12)9-22-25(16)10-15(21)7-11-1-4-14(20)5-2-11/h1-6,8-9,15H,7,10,21H2/t15-/m0/s1. The zero-order valence-electron chi connectivity index (χ0n) is 13.7. The van der Waals surface area contributed by atoms with Crippen molar-refractivity contribution < 1.29 is 4.39 Å². The van der Waals surface area contributed by atoms with Crippen LogP contribution in [0.5, 0.6) is 0 Å². The molecule has 0 aliphatic carbocycles. The number of rotatable bonds is 5. The number of halogens is 1. The normalized spacial score (nSPS) is 12.6. The van der Waals surface area contributed by atoms with E-state index in [0.29, 0.717) is 13.0 Å². The quantitative estimate of drug-likeness (QED) is 0.495. The molecule has 2 heterocycles. The van der Waals surface area contributed by atoms with Crippen LogP contribution in [0.15, 0.2) is 48.7 Å². The van der Waals surface area contributed by atoms with Crippen LogP contribution in [0.25, 0.3) is 21.5 Å². The molecule has 26 heavy (non-hydrogen) atoms. The minimum absolute atomic E-state index is 0.105. The number of benzene rings is 2. The first-order chi connectivity index (χ1) is 12.6. The molecule has 2 aromatic carbocycles. The van der Waals surface area contributed by atoms with E-state index in [4.69, 9.17) is 5.73 Å². The molecule has 2 aromatic heterocycles. The molecular weight excluding hydrogens is 412 g/mol. The van der Waals surface area contributed by atoms with Crippen molar-refractivity contribution in [1.29, 1.82) is 0 Å². The molecular formula is C18H15AsFN5S. The summed E-state index contributed by atoms with van der Waals surface area (Å²) in [6.45, 7) is 0.593. The molecule has 0 fully saturated rings. The molecule has 8 heteroatoms. The van der Waals surface area contributed by atoms with Crippen molar-refractivity contribution in [3.8, 4) is 10.6 Å². The van der Waals surface area contributed by atoms with Gasteiger partial charge < -0.3 is 0 Å². The van der Waals surface area contributed by atoms with E-state index in [1.807, 2.05) is 23.0 Å². The Morgan fingerprint density at radius 3 is 2.69 bits per heavy atom. The fraction of sp³-hybridized carbons (Fsp3) is 0.167. The molecule has 0 unspecified atom stereocenters. The van der Waals surface area contributed by atoms with Gasteiger partial charge in [-0.1, -0.05) is 12.1 Å². The Morgan fingerprint density at radius 1 is 1.15 bits per heavy atom. The van der Waals surface area contributed by atoms with Gasteiger partial charge in [-0.25, -0.2) is 4.39 Å². The van der Waals surface area contributed by atoms with Gasteiger partial charge >= 0.3 is 128 Å².